The van der Waals surface area contributed by atoms with Crippen molar-refractivity contribution in [1.29, 1.82) is 0 Å². The molecular formula is C22H22N2O. The highest BCUT2D eigenvalue weighted by Gasteiger charge is 2.32. The third-order valence-corrected chi connectivity index (χ3v) is 4.74. The quantitative estimate of drug-likeness (QED) is 0.655. The lowest BCUT2D eigenvalue weighted by Gasteiger charge is -2.21. The summed E-state index contributed by atoms with van der Waals surface area (Å²) >= 11 is 0. The van der Waals surface area contributed by atoms with Crippen molar-refractivity contribution in [3.8, 4) is 11.1 Å². The summed E-state index contributed by atoms with van der Waals surface area (Å²) < 4.78 is 5.94. The first kappa shape index (κ1) is 15.8. The van der Waals surface area contributed by atoms with E-state index >= 15 is 0 Å². The van der Waals surface area contributed by atoms with Gasteiger partial charge in [-0.1, -0.05) is 69.3 Å². The molecule has 1 atom stereocenters. The van der Waals surface area contributed by atoms with E-state index in [0.717, 1.165) is 16.8 Å². The molecule has 0 saturated heterocycles. The number of hydrogen-bond donors (Lipinski definition) is 0. The molecular weight excluding hydrogens is 308 g/mol. The van der Waals surface area contributed by atoms with E-state index in [2.05, 4.69) is 74.3 Å². The molecule has 1 aliphatic heterocycles. The molecule has 0 radical (unpaired) electrons. The van der Waals surface area contributed by atoms with Crippen LogP contribution in [0.1, 0.15) is 26.5 Å². The monoisotopic (exact) mass is 330 g/mol. The van der Waals surface area contributed by atoms with Crippen LogP contribution < -0.4 is 0 Å². The van der Waals surface area contributed by atoms with Gasteiger partial charge in [0, 0.05) is 11.8 Å². The Kier molecular flexibility index (Phi) is 3.79. The summed E-state index contributed by atoms with van der Waals surface area (Å²) in [5, 5.41) is 2.43. The highest BCUT2D eigenvalue weighted by Crippen LogP contribution is 2.33. The van der Waals surface area contributed by atoms with E-state index < -0.39 is 0 Å². The van der Waals surface area contributed by atoms with Gasteiger partial charge in [0.1, 0.15) is 12.3 Å². The Morgan fingerprint density at radius 3 is 2.48 bits per heavy atom. The van der Waals surface area contributed by atoms with Crippen molar-refractivity contribution in [3.63, 3.8) is 0 Å². The van der Waals surface area contributed by atoms with E-state index in [9.17, 15) is 0 Å². The molecule has 0 aliphatic carbocycles. The lowest BCUT2D eigenvalue weighted by Crippen LogP contribution is -2.25. The van der Waals surface area contributed by atoms with Gasteiger partial charge in [0.15, 0.2) is 0 Å². The zero-order valence-corrected chi connectivity index (χ0v) is 14.9. The van der Waals surface area contributed by atoms with Crippen molar-refractivity contribution in [2.24, 2.45) is 10.4 Å². The molecule has 2 heterocycles. The smallest absolute Gasteiger partial charge is 0.236 e. The summed E-state index contributed by atoms with van der Waals surface area (Å²) in [4.78, 5) is 9.43. The second kappa shape index (κ2) is 5.99. The van der Waals surface area contributed by atoms with E-state index in [-0.39, 0.29) is 11.5 Å². The Morgan fingerprint density at radius 1 is 0.920 bits per heavy atom. The molecule has 126 valence electrons. The Balaban J connectivity index is 1.86. The second-order valence-corrected chi connectivity index (χ2v) is 7.55. The maximum absolute atomic E-state index is 5.94. The Labute approximate surface area is 148 Å². The maximum atomic E-state index is 5.94. The SMILES string of the molecule is CC(C)(C)[C@H]1COC(c2ncccc2-c2cccc3ccccc23)=N1. The third kappa shape index (κ3) is 2.91. The predicted molar refractivity (Wildman–Crippen MR) is 103 cm³/mol. The van der Waals surface area contributed by atoms with Gasteiger partial charge in [-0.2, -0.15) is 0 Å². The van der Waals surface area contributed by atoms with Crippen LogP contribution in [0.3, 0.4) is 0 Å². The first-order chi connectivity index (χ1) is 12.0. The van der Waals surface area contributed by atoms with Crippen LogP contribution >= 0.6 is 0 Å². The summed E-state index contributed by atoms with van der Waals surface area (Å²) in [6, 6.07) is 19.0. The zero-order chi connectivity index (χ0) is 17.4. The van der Waals surface area contributed by atoms with E-state index in [1.165, 1.54) is 10.8 Å². The maximum Gasteiger partial charge on any atom is 0.236 e. The minimum absolute atomic E-state index is 0.0795. The van der Waals surface area contributed by atoms with Crippen molar-refractivity contribution < 1.29 is 4.74 Å². The molecule has 3 aromatic rings. The van der Waals surface area contributed by atoms with Crippen molar-refractivity contribution in [2.45, 2.75) is 26.8 Å². The second-order valence-electron chi connectivity index (χ2n) is 7.55. The molecule has 0 saturated carbocycles. The van der Waals surface area contributed by atoms with Gasteiger partial charge >= 0.3 is 0 Å². The van der Waals surface area contributed by atoms with Gasteiger partial charge in [-0.05, 0) is 27.8 Å². The zero-order valence-electron chi connectivity index (χ0n) is 14.9. The van der Waals surface area contributed by atoms with Crippen molar-refractivity contribution in [1.82, 2.24) is 4.98 Å². The van der Waals surface area contributed by atoms with E-state index in [4.69, 9.17) is 9.73 Å². The number of rotatable bonds is 2. The van der Waals surface area contributed by atoms with Crippen LogP contribution in [-0.2, 0) is 4.74 Å². The Hall–Kier alpha value is -2.68. The fourth-order valence-corrected chi connectivity index (χ4v) is 3.20. The third-order valence-electron chi connectivity index (χ3n) is 4.74. The molecule has 0 fully saturated rings. The standard InChI is InChI=1S/C22H22N2O/c1-22(2,3)19-14-25-21(24-19)20-18(12-7-13-23-20)17-11-6-9-15-8-4-5-10-16(15)17/h4-13,19H,14H2,1-3H3/t19-/m1/s1. The molecule has 1 aliphatic rings. The fraction of sp³-hybridized carbons (Fsp3) is 0.273. The lowest BCUT2D eigenvalue weighted by atomic mass is 9.88. The van der Waals surface area contributed by atoms with Crippen LogP contribution in [-0.4, -0.2) is 23.5 Å². The van der Waals surface area contributed by atoms with Crippen LogP contribution in [0.4, 0.5) is 0 Å². The molecule has 25 heavy (non-hydrogen) atoms. The molecule has 4 rings (SSSR count). The van der Waals surface area contributed by atoms with Gasteiger partial charge < -0.3 is 4.74 Å². The largest absolute Gasteiger partial charge is 0.474 e. The highest BCUT2D eigenvalue weighted by molar-refractivity contribution is 6.05. The average Bonchev–Trinajstić information content (AvgIpc) is 3.12. The fourth-order valence-electron chi connectivity index (χ4n) is 3.20. The van der Waals surface area contributed by atoms with Crippen molar-refractivity contribution >= 4 is 16.7 Å². The van der Waals surface area contributed by atoms with Crippen LogP contribution in [0.5, 0.6) is 0 Å². The summed E-state index contributed by atoms with van der Waals surface area (Å²) in [5.41, 5.74) is 3.13. The van der Waals surface area contributed by atoms with Gasteiger partial charge in [0.2, 0.25) is 5.90 Å². The van der Waals surface area contributed by atoms with Crippen LogP contribution in [0.15, 0.2) is 65.8 Å². The topological polar surface area (TPSA) is 34.5 Å². The normalized spacial score (nSPS) is 17.4. The average molecular weight is 330 g/mol. The van der Waals surface area contributed by atoms with Gasteiger partial charge in [-0.25, -0.2) is 4.99 Å². The molecule has 0 spiro atoms. The number of aliphatic imine (C=N–C) groups is 1. The summed E-state index contributed by atoms with van der Waals surface area (Å²) in [7, 11) is 0. The van der Waals surface area contributed by atoms with Gasteiger partial charge in [0.05, 0.1) is 6.04 Å². The summed E-state index contributed by atoms with van der Waals surface area (Å²) in [6.45, 7) is 7.19. The lowest BCUT2D eigenvalue weighted by molar-refractivity contribution is 0.235. The summed E-state index contributed by atoms with van der Waals surface area (Å²) in [5.74, 6) is 0.656. The highest BCUT2D eigenvalue weighted by atomic mass is 16.5. The number of fused-ring (bicyclic) bond motifs is 1. The van der Waals surface area contributed by atoms with E-state index in [1.54, 1.807) is 6.20 Å². The van der Waals surface area contributed by atoms with Gasteiger partial charge in [-0.3, -0.25) is 4.98 Å². The molecule has 3 nitrogen and oxygen atoms in total. The van der Waals surface area contributed by atoms with Crippen molar-refractivity contribution in [3.05, 3.63) is 66.5 Å². The molecule has 0 bridgehead atoms. The molecule has 1 aromatic heterocycles. The Morgan fingerprint density at radius 2 is 1.68 bits per heavy atom. The molecule has 3 heteroatoms. The summed E-state index contributed by atoms with van der Waals surface area (Å²) in [6.07, 6.45) is 1.81. The van der Waals surface area contributed by atoms with E-state index in [0.29, 0.717) is 12.5 Å². The Bertz CT molecular complexity index is 948. The predicted octanol–water partition coefficient (Wildman–Crippen LogP) is 5.09. The van der Waals surface area contributed by atoms with Gasteiger partial charge in [-0.15, -0.1) is 0 Å². The van der Waals surface area contributed by atoms with Crippen LogP contribution in [0.2, 0.25) is 0 Å². The first-order valence-corrected chi connectivity index (χ1v) is 8.68. The number of pyridine rings is 1. The molecule has 0 unspecified atom stereocenters. The molecule has 0 N–H and O–H groups in total. The van der Waals surface area contributed by atoms with Crippen LogP contribution in [0.25, 0.3) is 21.9 Å². The number of ether oxygens (including phenoxy) is 1. The molecule has 0 amide bonds. The van der Waals surface area contributed by atoms with Crippen LogP contribution in [0, 0.1) is 5.41 Å². The number of benzene rings is 2. The minimum Gasteiger partial charge on any atom is -0.474 e. The number of aromatic nitrogens is 1. The number of nitrogens with zero attached hydrogens (tertiary/aromatic N) is 2. The van der Waals surface area contributed by atoms with Crippen molar-refractivity contribution in [2.75, 3.05) is 6.61 Å². The van der Waals surface area contributed by atoms with E-state index in [1.807, 2.05) is 6.07 Å². The van der Waals surface area contributed by atoms with Gasteiger partial charge in [0.25, 0.3) is 0 Å². The minimum atomic E-state index is 0.0795. The molecule has 2 aromatic carbocycles. The first-order valence-electron chi connectivity index (χ1n) is 8.68. The number of hydrogen-bond acceptors (Lipinski definition) is 3.